The average molecular weight is 272 g/mol. The monoisotopic (exact) mass is 272 g/mol. The van der Waals surface area contributed by atoms with Crippen molar-refractivity contribution in [3.05, 3.63) is 69.5 Å². The summed E-state index contributed by atoms with van der Waals surface area (Å²) in [6, 6.07) is 8.81. The molecule has 0 amide bonds. The molecule has 0 radical (unpaired) electrons. The van der Waals surface area contributed by atoms with Gasteiger partial charge in [0.15, 0.2) is 0 Å². The Morgan fingerprint density at radius 2 is 1.55 bits per heavy atom. The molecular weight excluding hydrogens is 251 g/mol. The molecule has 2 aromatic carbocycles. The summed E-state index contributed by atoms with van der Waals surface area (Å²) >= 11 is 0. The highest BCUT2D eigenvalue weighted by atomic mass is 19.1. The summed E-state index contributed by atoms with van der Waals surface area (Å²) in [6.07, 6.45) is -0.0413. The molecule has 0 fully saturated rings. The molecule has 0 saturated carbocycles. The Hall–Kier alpha value is -1.67. The molecule has 0 bridgehead atoms. The highest BCUT2D eigenvalue weighted by Crippen LogP contribution is 2.26. The van der Waals surface area contributed by atoms with E-state index in [1.807, 2.05) is 6.92 Å². The number of halogens is 1. The second kappa shape index (κ2) is 5.76. The Bertz CT molecular complexity index is 608. The predicted molar refractivity (Wildman–Crippen MR) is 80.5 cm³/mol. The van der Waals surface area contributed by atoms with Gasteiger partial charge < -0.3 is 5.11 Å². The van der Waals surface area contributed by atoms with Crippen molar-refractivity contribution in [1.82, 2.24) is 0 Å². The maximum atomic E-state index is 13.1. The zero-order valence-corrected chi connectivity index (χ0v) is 12.5. The molecule has 2 heteroatoms. The van der Waals surface area contributed by atoms with Gasteiger partial charge in [-0.3, -0.25) is 0 Å². The predicted octanol–water partition coefficient (Wildman–Crippen LogP) is 4.34. The molecule has 0 saturated heterocycles. The quantitative estimate of drug-likeness (QED) is 0.881. The largest absolute Gasteiger partial charge is 0.388 e. The summed E-state index contributed by atoms with van der Waals surface area (Å²) in [5.41, 5.74) is 6.39. The first-order valence-corrected chi connectivity index (χ1v) is 6.89. The lowest BCUT2D eigenvalue weighted by molar-refractivity contribution is 0.177. The molecule has 2 aromatic rings. The van der Waals surface area contributed by atoms with Crippen molar-refractivity contribution in [2.75, 3.05) is 0 Å². The number of benzene rings is 2. The smallest absolute Gasteiger partial charge is 0.123 e. The van der Waals surface area contributed by atoms with E-state index in [1.165, 1.54) is 34.4 Å². The third kappa shape index (κ3) is 3.07. The zero-order valence-electron chi connectivity index (χ0n) is 12.5. The third-order valence-corrected chi connectivity index (χ3v) is 3.83. The van der Waals surface area contributed by atoms with E-state index in [9.17, 15) is 9.50 Å². The van der Waals surface area contributed by atoms with Crippen LogP contribution in [0, 0.1) is 33.5 Å². The normalized spacial score (nSPS) is 12.5. The first-order chi connectivity index (χ1) is 9.38. The molecular formula is C18H21FO. The van der Waals surface area contributed by atoms with E-state index < -0.39 is 6.10 Å². The molecule has 2 rings (SSSR count). The molecule has 0 heterocycles. The minimum atomic E-state index is -0.601. The van der Waals surface area contributed by atoms with E-state index in [-0.39, 0.29) is 5.82 Å². The highest BCUT2D eigenvalue weighted by Gasteiger charge is 2.14. The maximum absolute atomic E-state index is 13.1. The number of aliphatic hydroxyl groups excluding tert-OH is 1. The van der Waals surface area contributed by atoms with Crippen LogP contribution in [0.3, 0.4) is 0 Å². The molecule has 0 aliphatic heterocycles. The number of aliphatic hydroxyl groups is 1. The third-order valence-electron chi connectivity index (χ3n) is 3.83. The minimum Gasteiger partial charge on any atom is -0.388 e. The Kier molecular flexibility index (Phi) is 4.24. The van der Waals surface area contributed by atoms with Gasteiger partial charge in [0, 0.05) is 6.42 Å². The van der Waals surface area contributed by atoms with E-state index in [2.05, 4.69) is 32.9 Å². The van der Waals surface area contributed by atoms with Gasteiger partial charge in [-0.2, -0.15) is 0 Å². The van der Waals surface area contributed by atoms with E-state index in [0.717, 1.165) is 11.1 Å². The van der Waals surface area contributed by atoms with Gasteiger partial charge in [0.25, 0.3) is 0 Å². The molecule has 106 valence electrons. The molecule has 1 nitrogen and oxygen atoms in total. The summed E-state index contributed by atoms with van der Waals surface area (Å²) in [4.78, 5) is 0. The van der Waals surface area contributed by atoms with Crippen molar-refractivity contribution in [1.29, 1.82) is 0 Å². The van der Waals surface area contributed by atoms with Crippen LogP contribution in [0.2, 0.25) is 0 Å². The Morgan fingerprint density at radius 3 is 2.10 bits per heavy atom. The zero-order chi connectivity index (χ0) is 14.9. The lowest BCUT2D eigenvalue weighted by Gasteiger charge is -2.17. The summed E-state index contributed by atoms with van der Waals surface area (Å²) in [5.74, 6) is -0.263. The summed E-state index contributed by atoms with van der Waals surface area (Å²) in [5, 5.41) is 10.4. The molecule has 0 spiro atoms. The number of aryl methyl sites for hydroxylation is 4. The standard InChI is InChI=1S/C18H21FO/c1-11-7-12(2)17(13(3)8-11)10-18(20)16-6-5-15(19)9-14(16)4/h5-9,18,20H,10H2,1-4H3. The van der Waals surface area contributed by atoms with Crippen molar-refractivity contribution in [2.45, 2.75) is 40.2 Å². The van der Waals surface area contributed by atoms with Crippen LogP contribution in [0.4, 0.5) is 4.39 Å². The first-order valence-electron chi connectivity index (χ1n) is 6.89. The van der Waals surface area contributed by atoms with Crippen molar-refractivity contribution in [3.8, 4) is 0 Å². The average Bonchev–Trinajstić information content (AvgIpc) is 2.33. The van der Waals surface area contributed by atoms with E-state index >= 15 is 0 Å². The molecule has 0 aliphatic carbocycles. The van der Waals surface area contributed by atoms with Crippen LogP contribution in [0.15, 0.2) is 30.3 Å². The van der Waals surface area contributed by atoms with Crippen molar-refractivity contribution in [3.63, 3.8) is 0 Å². The second-order valence-electron chi connectivity index (χ2n) is 5.60. The van der Waals surface area contributed by atoms with Crippen LogP contribution in [0.5, 0.6) is 0 Å². The summed E-state index contributed by atoms with van der Waals surface area (Å²) in [7, 11) is 0. The highest BCUT2D eigenvalue weighted by molar-refractivity contribution is 5.39. The summed E-state index contributed by atoms with van der Waals surface area (Å²) in [6.45, 7) is 8.04. The van der Waals surface area contributed by atoms with Gasteiger partial charge in [0.1, 0.15) is 5.82 Å². The van der Waals surface area contributed by atoms with E-state index in [1.54, 1.807) is 6.07 Å². The van der Waals surface area contributed by atoms with Crippen LogP contribution in [-0.4, -0.2) is 5.11 Å². The molecule has 1 atom stereocenters. The van der Waals surface area contributed by atoms with Crippen LogP contribution in [-0.2, 0) is 6.42 Å². The van der Waals surface area contributed by atoms with Crippen molar-refractivity contribution in [2.24, 2.45) is 0 Å². The van der Waals surface area contributed by atoms with Crippen molar-refractivity contribution >= 4 is 0 Å². The fourth-order valence-electron chi connectivity index (χ4n) is 2.85. The number of hydrogen-bond donors (Lipinski definition) is 1. The Labute approximate surface area is 120 Å². The van der Waals surface area contributed by atoms with Crippen molar-refractivity contribution < 1.29 is 9.50 Å². The van der Waals surface area contributed by atoms with Gasteiger partial charge in [0.05, 0.1) is 6.10 Å². The van der Waals surface area contributed by atoms with Gasteiger partial charge in [-0.25, -0.2) is 4.39 Å². The first kappa shape index (κ1) is 14.7. The lowest BCUT2D eigenvalue weighted by Crippen LogP contribution is -2.07. The van der Waals surface area contributed by atoms with Gasteiger partial charge in [-0.05, 0) is 67.6 Å². The van der Waals surface area contributed by atoms with Crippen LogP contribution < -0.4 is 0 Å². The van der Waals surface area contributed by atoms with Crippen LogP contribution >= 0.6 is 0 Å². The number of rotatable bonds is 3. The van der Waals surface area contributed by atoms with E-state index in [0.29, 0.717) is 6.42 Å². The van der Waals surface area contributed by atoms with Gasteiger partial charge in [-0.15, -0.1) is 0 Å². The van der Waals surface area contributed by atoms with Crippen LogP contribution in [0.25, 0.3) is 0 Å². The lowest BCUT2D eigenvalue weighted by atomic mass is 9.91. The van der Waals surface area contributed by atoms with Gasteiger partial charge in [-0.1, -0.05) is 23.8 Å². The fourth-order valence-corrected chi connectivity index (χ4v) is 2.85. The molecule has 0 aromatic heterocycles. The SMILES string of the molecule is Cc1cc(C)c(CC(O)c2ccc(F)cc2C)c(C)c1. The molecule has 0 aliphatic rings. The Balaban J connectivity index is 2.30. The minimum absolute atomic E-state index is 0.263. The fraction of sp³-hybridized carbons (Fsp3) is 0.333. The maximum Gasteiger partial charge on any atom is 0.123 e. The topological polar surface area (TPSA) is 20.2 Å². The van der Waals surface area contributed by atoms with E-state index in [4.69, 9.17) is 0 Å². The summed E-state index contributed by atoms with van der Waals surface area (Å²) < 4.78 is 13.1. The molecule has 1 N–H and O–H groups in total. The molecule has 20 heavy (non-hydrogen) atoms. The van der Waals surface area contributed by atoms with Gasteiger partial charge >= 0.3 is 0 Å². The van der Waals surface area contributed by atoms with Gasteiger partial charge in [0.2, 0.25) is 0 Å². The van der Waals surface area contributed by atoms with Crippen LogP contribution in [0.1, 0.15) is 39.5 Å². The Morgan fingerprint density at radius 1 is 0.950 bits per heavy atom. The molecule has 1 unspecified atom stereocenters. The second-order valence-corrected chi connectivity index (χ2v) is 5.60. The number of hydrogen-bond acceptors (Lipinski definition) is 1.